The molecule has 2 unspecified atom stereocenters. The highest BCUT2D eigenvalue weighted by Gasteiger charge is 2.43. The second kappa shape index (κ2) is 4.39. The van der Waals surface area contributed by atoms with Crippen LogP contribution in [0.3, 0.4) is 0 Å². The summed E-state index contributed by atoms with van der Waals surface area (Å²) >= 11 is 0. The van der Waals surface area contributed by atoms with Crippen LogP contribution in [0.5, 0.6) is 0 Å². The van der Waals surface area contributed by atoms with Crippen LogP contribution in [0.15, 0.2) is 54.6 Å². The second-order valence-corrected chi connectivity index (χ2v) is 4.76. The predicted octanol–water partition coefficient (Wildman–Crippen LogP) is 2.89. The Morgan fingerprint density at radius 1 is 1.00 bits per heavy atom. The van der Waals surface area contributed by atoms with Crippen LogP contribution in [0.2, 0.25) is 0 Å². The van der Waals surface area contributed by atoms with Gasteiger partial charge in [-0.3, -0.25) is 10.1 Å². The van der Waals surface area contributed by atoms with E-state index in [1.54, 1.807) is 0 Å². The zero-order valence-corrected chi connectivity index (χ0v) is 10.3. The van der Waals surface area contributed by atoms with Gasteiger partial charge in [0.25, 0.3) is 0 Å². The molecule has 0 aliphatic carbocycles. The summed E-state index contributed by atoms with van der Waals surface area (Å²) in [6.45, 7) is 2.07. The Morgan fingerprint density at radius 2 is 1.67 bits per heavy atom. The molecule has 0 radical (unpaired) electrons. The fraction of sp³-hybridized carbons (Fsp3) is 0.188. The normalized spacial score (nSPS) is 21.6. The summed E-state index contributed by atoms with van der Waals surface area (Å²) in [5.41, 5.74) is 3.21. The van der Waals surface area contributed by atoms with Crippen LogP contribution in [0.4, 0.5) is 0 Å². The van der Waals surface area contributed by atoms with Crippen molar-refractivity contribution in [3.63, 3.8) is 0 Å². The maximum Gasteiger partial charge on any atom is 0.181 e. The highest BCUT2D eigenvalue weighted by Crippen LogP contribution is 2.32. The molecule has 1 aliphatic rings. The number of ketones is 1. The summed E-state index contributed by atoms with van der Waals surface area (Å²) in [4.78, 5) is 12.2. The number of benzene rings is 2. The molecule has 1 saturated heterocycles. The second-order valence-electron chi connectivity index (χ2n) is 4.76. The lowest BCUT2D eigenvalue weighted by Gasteiger charge is -1.99. The number of hydrogen-bond donors (Lipinski definition) is 1. The summed E-state index contributed by atoms with van der Waals surface area (Å²) in [5.74, 6) is 0.182. The van der Waals surface area contributed by atoms with Crippen LogP contribution < -0.4 is 5.32 Å². The standard InChI is InChI=1S/C16H15NO/c1-11-7-9-12(10-8-11)14-15(17-14)16(18)13-5-3-2-4-6-13/h2-10,14-15,17H,1H3. The van der Waals surface area contributed by atoms with Gasteiger partial charge >= 0.3 is 0 Å². The molecule has 1 N–H and O–H groups in total. The first-order valence-electron chi connectivity index (χ1n) is 6.17. The van der Waals surface area contributed by atoms with Crippen LogP contribution in [0.1, 0.15) is 27.5 Å². The highest BCUT2D eigenvalue weighted by molar-refractivity contribution is 6.02. The maximum absolute atomic E-state index is 12.2. The summed E-state index contributed by atoms with van der Waals surface area (Å²) in [7, 11) is 0. The molecule has 2 atom stereocenters. The zero-order chi connectivity index (χ0) is 12.5. The molecular weight excluding hydrogens is 222 g/mol. The van der Waals surface area contributed by atoms with E-state index in [-0.39, 0.29) is 17.9 Å². The van der Waals surface area contributed by atoms with Gasteiger partial charge in [0.15, 0.2) is 5.78 Å². The Bertz CT molecular complexity index is 559. The minimum Gasteiger partial charge on any atom is -0.297 e. The van der Waals surface area contributed by atoms with Gasteiger partial charge in [0.1, 0.15) is 0 Å². The van der Waals surface area contributed by atoms with E-state index in [0.717, 1.165) is 5.56 Å². The van der Waals surface area contributed by atoms with E-state index in [9.17, 15) is 4.79 Å². The third-order valence-corrected chi connectivity index (χ3v) is 3.36. The van der Waals surface area contributed by atoms with Crippen LogP contribution >= 0.6 is 0 Å². The lowest BCUT2D eigenvalue weighted by atomic mass is 10.0. The van der Waals surface area contributed by atoms with E-state index in [4.69, 9.17) is 0 Å². The molecule has 1 aliphatic heterocycles. The van der Waals surface area contributed by atoms with Gasteiger partial charge in [0.05, 0.1) is 12.1 Å². The van der Waals surface area contributed by atoms with Gasteiger partial charge in [0.2, 0.25) is 0 Å². The van der Waals surface area contributed by atoms with Crippen LogP contribution in [0.25, 0.3) is 0 Å². The molecule has 2 aromatic carbocycles. The Balaban J connectivity index is 1.75. The van der Waals surface area contributed by atoms with Gasteiger partial charge in [-0.2, -0.15) is 0 Å². The molecule has 2 aromatic rings. The van der Waals surface area contributed by atoms with Gasteiger partial charge in [-0.25, -0.2) is 0 Å². The van der Waals surface area contributed by atoms with Crippen molar-refractivity contribution in [2.75, 3.05) is 0 Å². The lowest BCUT2D eigenvalue weighted by molar-refractivity contribution is 0.0988. The van der Waals surface area contributed by atoms with Crippen molar-refractivity contribution in [2.45, 2.75) is 19.0 Å². The molecule has 0 bridgehead atoms. The Morgan fingerprint density at radius 3 is 2.33 bits per heavy atom. The predicted molar refractivity (Wildman–Crippen MR) is 71.6 cm³/mol. The topological polar surface area (TPSA) is 39.0 Å². The minimum atomic E-state index is -0.0601. The monoisotopic (exact) mass is 237 g/mol. The van der Waals surface area contributed by atoms with E-state index in [1.807, 2.05) is 30.3 Å². The number of Topliss-reactive ketones (excluding diaryl/α,β-unsaturated/α-hetero) is 1. The fourth-order valence-corrected chi connectivity index (χ4v) is 2.21. The first-order valence-corrected chi connectivity index (χ1v) is 6.17. The molecule has 3 rings (SSSR count). The van der Waals surface area contributed by atoms with Gasteiger partial charge in [0, 0.05) is 5.56 Å². The van der Waals surface area contributed by atoms with Crippen molar-refractivity contribution >= 4 is 5.78 Å². The van der Waals surface area contributed by atoms with Gasteiger partial charge in [-0.1, -0.05) is 60.2 Å². The average molecular weight is 237 g/mol. The Hall–Kier alpha value is -1.93. The largest absolute Gasteiger partial charge is 0.297 e. The van der Waals surface area contributed by atoms with Crippen molar-refractivity contribution in [2.24, 2.45) is 0 Å². The van der Waals surface area contributed by atoms with E-state index < -0.39 is 0 Å². The Kier molecular flexibility index (Phi) is 2.73. The lowest BCUT2D eigenvalue weighted by Crippen LogP contribution is -2.09. The molecule has 0 aromatic heterocycles. The summed E-state index contributed by atoms with van der Waals surface area (Å²) in [5, 5.41) is 3.25. The number of rotatable bonds is 3. The molecule has 0 saturated carbocycles. The van der Waals surface area contributed by atoms with Gasteiger partial charge in [-0.15, -0.1) is 0 Å². The highest BCUT2D eigenvalue weighted by atomic mass is 16.1. The van der Waals surface area contributed by atoms with Crippen molar-refractivity contribution in [1.29, 1.82) is 0 Å². The van der Waals surface area contributed by atoms with E-state index in [1.165, 1.54) is 11.1 Å². The molecule has 2 heteroatoms. The van der Waals surface area contributed by atoms with Gasteiger partial charge < -0.3 is 0 Å². The maximum atomic E-state index is 12.2. The van der Waals surface area contributed by atoms with Crippen molar-refractivity contribution in [1.82, 2.24) is 5.32 Å². The first-order chi connectivity index (χ1) is 8.75. The van der Waals surface area contributed by atoms with Crippen molar-refractivity contribution in [3.05, 3.63) is 71.3 Å². The van der Waals surface area contributed by atoms with Crippen molar-refractivity contribution in [3.8, 4) is 0 Å². The molecule has 2 nitrogen and oxygen atoms in total. The molecule has 90 valence electrons. The van der Waals surface area contributed by atoms with Crippen LogP contribution in [-0.4, -0.2) is 11.8 Å². The molecular formula is C16H15NO. The van der Waals surface area contributed by atoms with Gasteiger partial charge in [-0.05, 0) is 12.5 Å². The molecule has 1 fully saturated rings. The molecule has 18 heavy (non-hydrogen) atoms. The summed E-state index contributed by atoms with van der Waals surface area (Å²) in [6, 6.07) is 17.9. The third-order valence-electron chi connectivity index (χ3n) is 3.36. The number of nitrogens with one attached hydrogen (secondary N) is 1. The SMILES string of the molecule is Cc1ccc(C2NC2C(=O)c2ccccc2)cc1. The Labute approximate surface area is 107 Å². The van der Waals surface area contributed by atoms with E-state index in [0.29, 0.717) is 0 Å². The zero-order valence-electron chi connectivity index (χ0n) is 10.3. The quantitative estimate of drug-likeness (QED) is 0.658. The average Bonchev–Trinajstić information content (AvgIpc) is 3.20. The van der Waals surface area contributed by atoms with Crippen LogP contribution in [0, 0.1) is 6.92 Å². The minimum absolute atomic E-state index is 0.0601. The number of carbonyl (C=O) groups excluding carboxylic acids is 1. The smallest absolute Gasteiger partial charge is 0.181 e. The van der Waals surface area contributed by atoms with E-state index >= 15 is 0 Å². The first kappa shape index (κ1) is 11.2. The number of aryl methyl sites for hydroxylation is 1. The molecule has 0 spiro atoms. The molecule has 1 heterocycles. The van der Waals surface area contributed by atoms with Crippen LogP contribution in [-0.2, 0) is 0 Å². The van der Waals surface area contributed by atoms with Crippen molar-refractivity contribution < 1.29 is 4.79 Å². The number of carbonyl (C=O) groups is 1. The fourth-order valence-electron chi connectivity index (χ4n) is 2.21. The number of hydrogen-bond acceptors (Lipinski definition) is 2. The third kappa shape index (κ3) is 2.07. The summed E-state index contributed by atoms with van der Waals surface area (Å²) < 4.78 is 0. The summed E-state index contributed by atoms with van der Waals surface area (Å²) in [6.07, 6.45) is 0. The van der Waals surface area contributed by atoms with E-state index in [2.05, 4.69) is 36.5 Å². The molecule has 0 amide bonds.